The number of sulfonamides is 1. The molecule has 0 atom stereocenters. The number of nitrogens with zero attached hydrogens (tertiary/aromatic N) is 2. The van der Waals surface area contributed by atoms with Crippen LogP contribution in [0, 0.1) is 6.92 Å². The average Bonchev–Trinajstić information content (AvgIpc) is 2.96. The third-order valence-electron chi connectivity index (χ3n) is 3.21. The zero-order valence-electron chi connectivity index (χ0n) is 13.7. The van der Waals surface area contributed by atoms with Crippen molar-refractivity contribution >= 4 is 37.7 Å². The highest BCUT2D eigenvalue weighted by atomic mass is 79.9. The van der Waals surface area contributed by atoms with Crippen LogP contribution in [0.25, 0.3) is 0 Å². The Balaban J connectivity index is 2.16. The summed E-state index contributed by atoms with van der Waals surface area (Å²) in [5.74, 6) is 0.245. The van der Waals surface area contributed by atoms with Gasteiger partial charge in [0.25, 0.3) is 0 Å². The van der Waals surface area contributed by atoms with Crippen molar-refractivity contribution in [2.24, 2.45) is 0 Å². The number of methoxy groups -OCH3 is 1. The molecular weight excluding hydrogens is 414 g/mol. The molecule has 2 aromatic rings. The number of anilines is 1. The Kier molecular flexibility index (Phi) is 6.71. The second kappa shape index (κ2) is 8.56. The van der Waals surface area contributed by atoms with Gasteiger partial charge in [-0.3, -0.25) is 4.79 Å². The number of benzene rings is 1. The van der Waals surface area contributed by atoms with E-state index >= 15 is 0 Å². The molecule has 25 heavy (non-hydrogen) atoms. The number of nitrogens with one attached hydrogen (secondary N) is 1. The van der Waals surface area contributed by atoms with E-state index in [1.54, 1.807) is 25.1 Å². The Morgan fingerprint density at radius 3 is 2.60 bits per heavy atom. The minimum absolute atomic E-state index is 0.0418. The van der Waals surface area contributed by atoms with E-state index in [1.165, 1.54) is 19.2 Å². The summed E-state index contributed by atoms with van der Waals surface area (Å²) in [7, 11) is -2.38. The van der Waals surface area contributed by atoms with E-state index in [-0.39, 0.29) is 30.4 Å². The standard InChI is InChI=1S/C15H18BrN3O5S/c1-11-9-14(18-24-11)17-15(20)10-19(7-8-23-2)25(21,22)13-5-3-12(16)4-6-13/h3-6,9H,7-8,10H2,1-2H3,(H,17,18,20). The van der Waals surface area contributed by atoms with E-state index in [0.29, 0.717) is 5.76 Å². The predicted octanol–water partition coefficient (Wildman–Crippen LogP) is 2.02. The summed E-state index contributed by atoms with van der Waals surface area (Å²) >= 11 is 3.26. The maximum atomic E-state index is 12.8. The number of carbonyl (C=O) groups is 1. The summed E-state index contributed by atoms with van der Waals surface area (Å²) in [5, 5.41) is 6.15. The second-order valence-corrected chi connectivity index (χ2v) is 8.01. The fraction of sp³-hybridized carbons (Fsp3) is 0.333. The SMILES string of the molecule is COCCN(CC(=O)Nc1cc(C)on1)S(=O)(=O)c1ccc(Br)cc1. The zero-order chi connectivity index (χ0) is 18.4. The molecule has 1 aromatic heterocycles. The molecular formula is C15H18BrN3O5S. The maximum Gasteiger partial charge on any atom is 0.243 e. The molecule has 1 N–H and O–H groups in total. The van der Waals surface area contributed by atoms with Crippen LogP contribution in [-0.4, -0.2) is 50.6 Å². The van der Waals surface area contributed by atoms with Crippen molar-refractivity contribution in [1.29, 1.82) is 0 Å². The first-order chi connectivity index (χ1) is 11.8. The van der Waals surface area contributed by atoms with Crippen LogP contribution in [0.2, 0.25) is 0 Å². The summed E-state index contributed by atoms with van der Waals surface area (Å²) in [6.45, 7) is 1.52. The van der Waals surface area contributed by atoms with E-state index in [2.05, 4.69) is 26.4 Å². The predicted molar refractivity (Wildman–Crippen MR) is 94.6 cm³/mol. The molecule has 0 saturated heterocycles. The van der Waals surface area contributed by atoms with E-state index in [0.717, 1.165) is 8.78 Å². The third kappa shape index (κ3) is 5.36. The van der Waals surface area contributed by atoms with Gasteiger partial charge in [-0.2, -0.15) is 4.31 Å². The summed E-state index contributed by atoms with van der Waals surface area (Å²) in [6.07, 6.45) is 0. The van der Waals surface area contributed by atoms with E-state index in [9.17, 15) is 13.2 Å². The van der Waals surface area contributed by atoms with Gasteiger partial charge in [-0.25, -0.2) is 8.42 Å². The van der Waals surface area contributed by atoms with Gasteiger partial charge in [-0.1, -0.05) is 21.1 Å². The molecule has 0 spiro atoms. The van der Waals surface area contributed by atoms with Crippen LogP contribution in [0.1, 0.15) is 5.76 Å². The Labute approximate surface area is 154 Å². The molecule has 8 nitrogen and oxygen atoms in total. The highest BCUT2D eigenvalue weighted by molar-refractivity contribution is 9.10. The van der Waals surface area contributed by atoms with Gasteiger partial charge in [0.15, 0.2) is 5.82 Å². The van der Waals surface area contributed by atoms with Crippen LogP contribution >= 0.6 is 15.9 Å². The molecule has 10 heteroatoms. The van der Waals surface area contributed by atoms with Crippen LogP contribution in [0.5, 0.6) is 0 Å². The fourth-order valence-electron chi connectivity index (χ4n) is 2.00. The van der Waals surface area contributed by atoms with E-state index in [1.807, 2.05) is 0 Å². The lowest BCUT2D eigenvalue weighted by molar-refractivity contribution is -0.116. The fourth-order valence-corrected chi connectivity index (χ4v) is 3.65. The number of ether oxygens (including phenoxy) is 1. The summed E-state index contributed by atoms with van der Waals surface area (Å²) in [5.41, 5.74) is 0. The van der Waals surface area contributed by atoms with Gasteiger partial charge in [-0.15, -0.1) is 0 Å². The Morgan fingerprint density at radius 1 is 1.36 bits per heavy atom. The maximum absolute atomic E-state index is 12.8. The minimum atomic E-state index is -3.84. The molecule has 1 aromatic carbocycles. The van der Waals surface area contributed by atoms with Gasteiger partial charge in [0.1, 0.15) is 5.76 Å². The summed E-state index contributed by atoms with van der Waals surface area (Å²) in [6, 6.07) is 7.73. The number of carbonyl (C=O) groups excluding carboxylic acids is 1. The van der Waals surface area contributed by atoms with Crippen molar-refractivity contribution < 1.29 is 22.5 Å². The average molecular weight is 432 g/mol. The number of aryl methyl sites for hydroxylation is 1. The van der Waals surface area contributed by atoms with Crippen molar-refractivity contribution in [2.45, 2.75) is 11.8 Å². The molecule has 0 aliphatic heterocycles. The lowest BCUT2D eigenvalue weighted by Crippen LogP contribution is -2.40. The van der Waals surface area contributed by atoms with Gasteiger partial charge in [0, 0.05) is 24.2 Å². The van der Waals surface area contributed by atoms with Crippen LogP contribution in [0.4, 0.5) is 5.82 Å². The first kappa shape index (κ1) is 19.6. The number of rotatable bonds is 8. The molecule has 0 fully saturated rings. The van der Waals surface area contributed by atoms with Crippen molar-refractivity contribution in [1.82, 2.24) is 9.46 Å². The first-order valence-corrected chi connectivity index (χ1v) is 9.54. The van der Waals surface area contributed by atoms with Gasteiger partial charge >= 0.3 is 0 Å². The number of amides is 1. The van der Waals surface area contributed by atoms with Crippen LogP contribution < -0.4 is 5.32 Å². The molecule has 2 rings (SSSR count). The number of hydrogen-bond donors (Lipinski definition) is 1. The van der Waals surface area contributed by atoms with Crippen LogP contribution in [0.15, 0.2) is 44.2 Å². The zero-order valence-corrected chi connectivity index (χ0v) is 16.1. The molecule has 0 unspecified atom stereocenters. The quantitative estimate of drug-likeness (QED) is 0.685. The van der Waals surface area contributed by atoms with Gasteiger partial charge in [0.05, 0.1) is 18.0 Å². The van der Waals surface area contributed by atoms with E-state index in [4.69, 9.17) is 9.26 Å². The number of halogens is 1. The number of hydrogen-bond acceptors (Lipinski definition) is 6. The highest BCUT2D eigenvalue weighted by Crippen LogP contribution is 2.19. The highest BCUT2D eigenvalue weighted by Gasteiger charge is 2.26. The lowest BCUT2D eigenvalue weighted by atomic mass is 10.4. The van der Waals surface area contributed by atoms with Gasteiger partial charge < -0.3 is 14.6 Å². The Morgan fingerprint density at radius 2 is 2.04 bits per heavy atom. The molecule has 0 radical (unpaired) electrons. The summed E-state index contributed by atoms with van der Waals surface area (Å²) in [4.78, 5) is 12.3. The minimum Gasteiger partial charge on any atom is -0.383 e. The third-order valence-corrected chi connectivity index (χ3v) is 5.60. The molecule has 0 aliphatic carbocycles. The van der Waals surface area contributed by atoms with Crippen LogP contribution in [-0.2, 0) is 19.6 Å². The monoisotopic (exact) mass is 431 g/mol. The van der Waals surface area contributed by atoms with Crippen molar-refractivity contribution in [3.63, 3.8) is 0 Å². The smallest absolute Gasteiger partial charge is 0.243 e. The van der Waals surface area contributed by atoms with Crippen LogP contribution in [0.3, 0.4) is 0 Å². The molecule has 1 heterocycles. The van der Waals surface area contributed by atoms with Gasteiger partial charge in [-0.05, 0) is 31.2 Å². The Hall–Kier alpha value is -1.75. The molecule has 0 bridgehead atoms. The molecule has 0 saturated carbocycles. The van der Waals surface area contributed by atoms with Crippen molar-refractivity contribution in [3.8, 4) is 0 Å². The molecule has 1 amide bonds. The topological polar surface area (TPSA) is 102 Å². The van der Waals surface area contributed by atoms with E-state index < -0.39 is 15.9 Å². The number of aromatic nitrogens is 1. The Bertz CT molecular complexity index is 820. The van der Waals surface area contributed by atoms with Gasteiger partial charge in [0.2, 0.25) is 15.9 Å². The first-order valence-electron chi connectivity index (χ1n) is 7.31. The van der Waals surface area contributed by atoms with Crippen molar-refractivity contribution in [3.05, 3.63) is 40.6 Å². The molecule has 0 aliphatic rings. The normalized spacial score (nSPS) is 11.7. The largest absolute Gasteiger partial charge is 0.383 e. The molecule has 136 valence electrons. The lowest BCUT2D eigenvalue weighted by Gasteiger charge is -2.21. The van der Waals surface area contributed by atoms with Crippen molar-refractivity contribution in [2.75, 3.05) is 32.1 Å². The second-order valence-electron chi connectivity index (χ2n) is 5.16. The summed E-state index contributed by atoms with van der Waals surface area (Å²) < 4.78 is 37.2.